The third-order valence-corrected chi connectivity index (χ3v) is 5.38. The summed E-state index contributed by atoms with van der Waals surface area (Å²) in [5.41, 5.74) is 2.66. The maximum absolute atomic E-state index is 4.73. The molecule has 5 heteroatoms. The van der Waals surface area contributed by atoms with E-state index in [9.17, 15) is 0 Å². The van der Waals surface area contributed by atoms with Crippen LogP contribution in [0, 0.1) is 6.92 Å². The second-order valence-electron chi connectivity index (χ2n) is 5.79. The van der Waals surface area contributed by atoms with Crippen LogP contribution in [-0.2, 0) is 13.6 Å². The monoisotopic (exact) mass is 278 g/mol. The van der Waals surface area contributed by atoms with Gasteiger partial charge < -0.3 is 5.32 Å². The number of hydrogen-bond acceptors (Lipinski definition) is 3. The van der Waals surface area contributed by atoms with Crippen LogP contribution in [0.25, 0.3) is 0 Å². The molecule has 2 heterocycles. The smallest absolute Gasteiger partial charge is 0.157 e. The fraction of sp³-hybridized carbons (Fsp3) is 0.714. The highest BCUT2D eigenvalue weighted by molar-refractivity contribution is 8.14. The maximum Gasteiger partial charge on any atom is 0.157 e. The van der Waals surface area contributed by atoms with Crippen molar-refractivity contribution < 1.29 is 0 Å². The zero-order valence-corrected chi connectivity index (χ0v) is 12.6. The van der Waals surface area contributed by atoms with E-state index in [1.807, 2.05) is 30.4 Å². The van der Waals surface area contributed by atoms with Gasteiger partial charge in [-0.2, -0.15) is 5.10 Å². The van der Waals surface area contributed by atoms with Crippen LogP contribution in [0.15, 0.2) is 11.2 Å². The summed E-state index contributed by atoms with van der Waals surface area (Å²) < 4.78 is 1.86. The number of hydrogen-bond donors (Lipinski definition) is 1. The number of aromatic nitrogens is 2. The number of nitrogens with one attached hydrogen (secondary N) is 1. The Morgan fingerprint density at radius 1 is 1.42 bits per heavy atom. The highest BCUT2D eigenvalue weighted by atomic mass is 32.2. The molecule has 0 atom stereocenters. The minimum Gasteiger partial charge on any atom is -0.359 e. The summed E-state index contributed by atoms with van der Waals surface area (Å²) in [6, 6.07) is 0. The van der Waals surface area contributed by atoms with Gasteiger partial charge in [-0.3, -0.25) is 9.67 Å². The van der Waals surface area contributed by atoms with Gasteiger partial charge >= 0.3 is 0 Å². The van der Waals surface area contributed by atoms with Crippen molar-refractivity contribution in [2.75, 3.05) is 5.75 Å². The van der Waals surface area contributed by atoms with Crippen molar-refractivity contribution in [1.29, 1.82) is 0 Å². The molecule has 4 nitrogen and oxygen atoms in total. The molecule has 2 fully saturated rings. The van der Waals surface area contributed by atoms with E-state index >= 15 is 0 Å². The summed E-state index contributed by atoms with van der Waals surface area (Å²) in [5.74, 6) is 1.19. The molecule has 0 unspecified atom stereocenters. The van der Waals surface area contributed by atoms with E-state index < -0.39 is 0 Å². The normalized spacial score (nSPS) is 24.0. The summed E-state index contributed by atoms with van der Waals surface area (Å²) in [7, 11) is 1.96. The van der Waals surface area contributed by atoms with E-state index in [1.165, 1.54) is 43.4 Å². The number of rotatable bonds is 2. The molecule has 0 amide bonds. The quantitative estimate of drug-likeness (QED) is 0.904. The van der Waals surface area contributed by atoms with Crippen molar-refractivity contribution in [2.45, 2.75) is 51.1 Å². The van der Waals surface area contributed by atoms with Crippen LogP contribution < -0.4 is 5.32 Å². The zero-order chi connectivity index (χ0) is 13.3. The third kappa shape index (κ3) is 2.81. The minimum atomic E-state index is 0.353. The Bertz CT molecular complexity index is 486. The molecule has 1 aliphatic heterocycles. The maximum atomic E-state index is 4.73. The van der Waals surface area contributed by atoms with Gasteiger partial charge in [-0.15, -0.1) is 0 Å². The van der Waals surface area contributed by atoms with Gasteiger partial charge in [-0.25, -0.2) is 0 Å². The summed E-state index contributed by atoms with van der Waals surface area (Å²) in [5, 5.41) is 9.18. The van der Waals surface area contributed by atoms with E-state index in [4.69, 9.17) is 4.99 Å². The van der Waals surface area contributed by atoms with Gasteiger partial charge in [0.25, 0.3) is 0 Å². The van der Waals surface area contributed by atoms with Gasteiger partial charge in [0.05, 0.1) is 12.2 Å². The van der Waals surface area contributed by atoms with Crippen LogP contribution in [0.4, 0.5) is 0 Å². The Balaban J connectivity index is 1.64. The van der Waals surface area contributed by atoms with Crippen LogP contribution in [0.3, 0.4) is 0 Å². The molecule has 3 rings (SSSR count). The van der Waals surface area contributed by atoms with Crippen LogP contribution in [0.5, 0.6) is 0 Å². The summed E-state index contributed by atoms with van der Waals surface area (Å²) >= 11 is 1.89. The summed E-state index contributed by atoms with van der Waals surface area (Å²) in [6.45, 7) is 2.79. The average molecular weight is 278 g/mol. The van der Waals surface area contributed by atoms with Crippen molar-refractivity contribution in [1.82, 2.24) is 15.1 Å². The van der Waals surface area contributed by atoms with Crippen molar-refractivity contribution >= 4 is 16.9 Å². The minimum absolute atomic E-state index is 0.353. The number of aryl methyl sites for hydroxylation is 2. The van der Waals surface area contributed by atoms with Gasteiger partial charge in [-0.1, -0.05) is 31.0 Å². The predicted molar refractivity (Wildman–Crippen MR) is 80.5 cm³/mol. The molecule has 0 bridgehead atoms. The van der Waals surface area contributed by atoms with E-state index in [0.717, 1.165) is 17.4 Å². The first-order valence-corrected chi connectivity index (χ1v) is 8.10. The predicted octanol–water partition coefficient (Wildman–Crippen LogP) is 2.62. The molecule has 1 saturated carbocycles. The molecule has 1 saturated heterocycles. The lowest BCUT2D eigenvalue weighted by atomic mass is 9.83. The highest BCUT2D eigenvalue weighted by Gasteiger charge is 2.37. The standard InChI is InChI=1S/C14H22N4S/c1-11-12(9-18(2)17-11)8-15-13-16-14(10-19-13)6-4-3-5-7-14/h9H,3-8,10H2,1-2H3,(H,15,16). The van der Waals surface area contributed by atoms with E-state index in [1.54, 1.807) is 0 Å². The SMILES string of the molecule is Cc1nn(C)cc1CN=C1NC2(CCCCC2)CS1. The number of amidine groups is 1. The largest absolute Gasteiger partial charge is 0.359 e. The first-order valence-electron chi connectivity index (χ1n) is 7.11. The van der Waals surface area contributed by atoms with Gasteiger partial charge in [0.2, 0.25) is 0 Å². The average Bonchev–Trinajstić information content (AvgIpc) is 2.92. The Labute approximate surface area is 119 Å². The van der Waals surface area contributed by atoms with Crippen molar-refractivity contribution in [3.05, 3.63) is 17.5 Å². The van der Waals surface area contributed by atoms with Crippen molar-refractivity contribution in [2.24, 2.45) is 12.0 Å². The van der Waals surface area contributed by atoms with E-state index in [0.29, 0.717) is 5.54 Å². The molecular weight excluding hydrogens is 256 g/mol. The summed E-state index contributed by atoms with van der Waals surface area (Å²) in [4.78, 5) is 4.73. The third-order valence-electron chi connectivity index (χ3n) is 4.18. The molecular formula is C14H22N4S. The number of aliphatic imine (C=N–C) groups is 1. The van der Waals surface area contributed by atoms with Crippen LogP contribution in [0.2, 0.25) is 0 Å². The molecule has 0 radical (unpaired) electrons. The zero-order valence-electron chi connectivity index (χ0n) is 11.8. The fourth-order valence-electron chi connectivity index (χ4n) is 3.05. The van der Waals surface area contributed by atoms with Gasteiger partial charge in [0.15, 0.2) is 5.17 Å². The van der Waals surface area contributed by atoms with Crippen LogP contribution in [-0.4, -0.2) is 26.2 Å². The first kappa shape index (κ1) is 13.0. The second-order valence-corrected chi connectivity index (χ2v) is 6.75. The Hall–Kier alpha value is -0.970. The van der Waals surface area contributed by atoms with E-state index in [-0.39, 0.29) is 0 Å². The molecule has 19 heavy (non-hydrogen) atoms. The number of nitrogens with zero attached hydrogens (tertiary/aromatic N) is 3. The molecule has 0 aromatic carbocycles. The molecule has 1 N–H and O–H groups in total. The molecule has 1 spiro atoms. The summed E-state index contributed by atoms with van der Waals surface area (Å²) in [6.07, 6.45) is 8.81. The molecule has 2 aliphatic rings. The molecule has 1 aromatic rings. The Kier molecular flexibility index (Phi) is 3.56. The molecule has 104 valence electrons. The van der Waals surface area contributed by atoms with Crippen molar-refractivity contribution in [3.63, 3.8) is 0 Å². The Morgan fingerprint density at radius 2 is 2.21 bits per heavy atom. The van der Waals surface area contributed by atoms with Gasteiger partial charge in [-0.05, 0) is 19.8 Å². The fourth-order valence-corrected chi connectivity index (χ4v) is 4.27. The van der Waals surface area contributed by atoms with Crippen molar-refractivity contribution in [3.8, 4) is 0 Å². The van der Waals surface area contributed by atoms with E-state index in [2.05, 4.69) is 16.6 Å². The number of thioether (sulfide) groups is 1. The lowest BCUT2D eigenvalue weighted by Gasteiger charge is -2.32. The molecule has 1 aliphatic carbocycles. The highest BCUT2D eigenvalue weighted by Crippen LogP contribution is 2.36. The van der Waals surface area contributed by atoms with Gasteiger partial charge in [0, 0.05) is 30.1 Å². The topological polar surface area (TPSA) is 42.2 Å². The first-order chi connectivity index (χ1) is 9.17. The second kappa shape index (κ2) is 5.19. The Morgan fingerprint density at radius 3 is 2.89 bits per heavy atom. The van der Waals surface area contributed by atoms with Crippen LogP contribution in [0.1, 0.15) is 43.4 Å². The lowest BCUT2D eigenvalue weighted by Crippen LogP contribution is -2.45. The van der Waals surface area contributed by atoms with Crippen LogP contribution >= 0.6 is 11.8 Å². The lowest BCUT2D eigenvalue weighted by molar-refractivity contribution is 0.303. The van der Waals surface area contributed by atoms with Gasteiger partial charge in [0.1, 0.15) is 0 Å². The molecule has 1 aromatic heterocycles.